The van der Waals surface area contributed by atoms with Crippen molar-refractivity contribution >= 4 is 0 Å². The van der Waals surface area contributed by atoms with Crippen molar-refractivity contribution in [1.29, 1.82) is 0 Å². The highest BCUT2D eigenvalue weighted by Crippen LogP contribution is 2.35. The van der Waals surface area contributed by atoms with Gasteiger partial charge in [-0.1, -0.05) is 0 Å². The fraction of sp³-hybridized carbons (Fsp3) is 1.00. The van der Waals surface area contributed by atoms with Gasteiger partial charge in [0.25, 0.3) is 0 Å². The van der Waals surface area contributed by atoms with E-state index in [0.717, 1.165) is 25.7 Å². The van der Waals surface area contributed by atoms with E-state index in [1.54, 1.807) is 5.01 Å². The molecule has 2 bridgehead atoms. The quantitative estimate of drug-likeness (QED) is 0.567. The fourth-order valence-electron chi connectivity index (χ4n) is 2.26. The normalized spacial score (nSPS) is 42.6. The predicted molar refractivity (Wildman–Crippen MR) is 39.7 cm³/mol. The zero-order valence-electron chi connectivity index (χ0n) is 6.31. The molecule has 0 spiro atoms. The Bertz CT molecular complexity index is 160. The molecule has 0 aliphatic carbocycles. The lowest BCUT2D eigenvalue weighted by molar-refractivity contribution is 0.0360. The van der Waals surface area contributed by atoms with Crippen LogP contribution in [0.5, 0.6) is 0 Å². The first-order chi connectivity index (χ1) is 5.31. The average Bonchev–Trinajstić information content (AvgIpc) is 2.23. The van der Waals surface area contributed by atoms with E-state index >= 15 is 0 Å². The van der Waals surface area contributed by atoms with Crippen LogP contribution in [0.15, 0.2) is 5.29 Å². The highest BCUT2D eigenvalue weighted by Gasteiger charge is 2.40. The first kappa shape index (κ1) is 7.03. The minimum atomic E-state index is -0.203. The van der Waals surface area contributed by atoms with Crippen LogP contribution in [-0.4, -0.2) is 28.3 Å². The minimum Gasteiger partial charge on any atom is -0.393 e. The number of hydrogen-bond acceptors (Lipinski definition) is 3. The Hall–Kier alpha value is -0.640. The summed E-state index contributed by atoms with van der Waals surface area (Å²) in [4.78, 5) is 10.3. The van der Waals surface area contributed by atoms with Gasteiger partial charge in [0.1, 0.15) is 0 Å². The van der Waals surface area contributed by atoms with E-state index in [9.17, 15) is 10.0 Å². The number of nitrogens with zero attached hydrogens (tertiary/aromatic N) is 2. The molecule has 0 amide bonds. The van der Waals surface area contributed by atoms with E-state index in [1.807, 2.05) is 0 Å². The molecule has 2 unspecified atom stereocenters. The Morgan fingerprint density at radius 3 is 2.27 bits per heavy atom. The lowest BCUT2D eigenvalue weighted by Crippen LogP contribution is -2.40. The molecule has 2 atom stereocenters. The van der Waals surface area contributed by atoms with Gasteiger partial charge in [-0.3, -0.25) is 5.01 Å². The van der Waals surface area contributed by atoms with Crippen molar-refractivity contribution in [2.75, 3.05) is 0 Å². The molecule has 62 valence electrons. The molecule has 4 nitrogen and oxygen atoms in total. The van der Waals surface area contributed by atoms with Gasteiger partial charge in [-0.2, -0.15) is 0 Å². The minimum absolute atomic E-state index is 0.203. The van der Waals surface area contributed by atoms with Crippen LogP contribution in [-0.2, 0) is 0 Å². The van der Waals surface area contributed by atoms with Gasteiger partial charge < -0.3 is 5.11 Å². The van der Waals surface area contributed by atoms with Crippen molar-refractivity contribution < 1.29 is 5.11 Å². The van der Waals surface area contributed by atoms with E-state index in [2.05, 4.69) is 5.29 Å². The summed E-state index contributed by atoms with van der Waals surface area (Å²) >= 11 is 0. The highest BCUT2D eigenvalue weighted by atomic mass is 16.3. The molecule has 0 radical (unpaired) electrons. The highest BCUT2D eigenvalue weighted by molar-refractivity contribution is 4.93. The van der Waals surface area contributed by atoms with Crippen LogP contribution >= 0.6 is 0 Å². The summed E-state index contributed by atoms with van der Waals surface area (Å²) in [6.07, 6.45) is 3.29. The smallest absolute Gasteiger partial charge is 0.0580 e. The largest absolute Gasteiger partial charge is 0.393 e. The molecule has 2 saturated heterocycles. The first-order valence-electron chi connectivity index (χ1n) is 4.11. The van der Waals surface area contributed by atoms with Crippen LogP contribution in [0.25, 0.3) is 0 Å². The first-order valence-corrected chi connectivity index (χ1v) is 4.11. The van der Waals surface area contributed by atoms with Crippen molar-refractivity contribution in [2.24, 2.45) is 5.29 Å². The third-order valence-corrected chi connectivity index (χ3v) is 2.76. The third-order valence-electron chi connectivity index (χ3n) is 2.76. The van der Waals surface area contributed by atoms with Crippen LogP contribution in [0.3, 0.4) is 0 Å². The van der Waals surface area contributed by atoms with E-state index in [-0.39, 0.29) is 18.2 Å². The molecule has 2 heterocycles. The molecule has 2 fully saturated rings. The van der Waals surface area contributed by atoms with Crippen molar-refractivity contribution in [3.05, 3.63) is 4.91 Å². The molecule has 0 aromatic carbocycles. The SMILES string of the molecule is O=NN1C2CCC1CC(O)C2. The van der Waals surface area contributed by atoms with Gasteiger partial charge in [0.15, 0.2) is 0 Å². The second-order valence-corrected chi connectivity index (χ2v) is 3.47. The summed E-state index contributed by atoms with van der Waals surface area (Å²) in [6, 6.07) is 0.447. The summed E-state index contributed by atoms with van der Waals surface area (Å²) < 4.78 is 0. The zero-order valence-corrected chi connectivity index (χ0v) is 6.31. The number of aliphatic hydroxyl groups excluding tert-OH is 1. The molecule has 0 aromatic heterocycles. The number of hydrogen-bond donors (Lipinski definition) is 1. The van der Waals surface area contributed by atoms with E-state index in [4.69, 9.17) is 0 Å². The van der Waals surface area contributed by atoms with E-state index in [1.165, 1.54) is 0 Å². The van der Waals surface area contributed by atoms with Crippen LogP contribution < -0.4 is 0 Å². The second-order valence-electron chi connectivity index (χ2n) is 3.47. The van der Waals surface area contributed by atoms with Gasteiger partial charge >= 0.3 is 0 Å². The van der Waals surface area contributed by atoms with Gasteiger partial charge in [-0.05, 0) is 25.7 Å². The van der Waals surface area contributed by atoms with Crippen molar-refractivity contribution in [2.45, 2.75) is 43.9 Å². The molecule has 2 rings (SSSR count). The average molecular weight is 156 g/mol. The summed E-state index contributed by atoms with van der Waals surface area (Å²) in [7, 11) is 0. The maximum absolute atomic E-state index is 10.3. The number of rotatable bonds is 1. The molecule has 0 saturated carbocycles. The Kier molecular flexibility index (Phi) is 1.56. The molecule has 11 heavy (non-hydrogen) atoms. The number of fused-ring (bicyclic) bond motifs is 2. The van der Waals surface area contributed by atoms with Crippen LogP contribution in [0.2, 0.25) is 0 Å². The monoisotopic (exact) mass is 156 g/mol. The molecular formula is C7H12N2O2. The Morgan fingerprint density at radius 1 is 1.27 bits per heavy atom. The summed E-state index contributed by atoms with van der Waals surface area (Å²) in [6.45, 7) is 0. The Labute approximate surface area is 65.1 Å². The Morgan fingerprint density at radius 2 is 1.82 bits per heavy atom. The predicted octanol–water partition coefficient (Wildman–Crippen LogP) is 0.655. The summed E-state index contributed by atoms with van der Waals surface area (Å²) in [5, 5.41) is 13.9. The molecule has 4 heteroatoms. The maximum atomic E-state index is 10.3. The van der Waals surface area contributed by atoms with E-state index < -0.39 is 0 Å². The number of nitroso groups, excluding NO2 is 1. The summed E-state index contributed by atoms with van der Waals surface area (Å²) in [5.74, 6) is 0. The third kappa shape index (κ3) is 1.01. The van der Waals surface area contributed by atoms with Gasteiger partial charge in [0.05, 0.1) is 23.5 Å². The standard InChI is InChI=1S/C7H12N2O2/c10-7-3-5-1-2-6(4-7)9(5)8-11/h5-7,10H,1-4H2. The van der Waals surface area contributed by atoms with Crippen LogP contribution in [0.4, 0.5) is 0 Å². The van der Waals surface area contributed by atoms with Gasteiger partial charge in [0.2, 0.25) is 0 Å². The fourth-order valence-corrected chi connectivity index (χ4v) is 2.26. The van der Waals surface area contributed by atoms with Crippen molar-refractivity contribution in [3.63, 3.8) is 0 Å². The summed E-state index contributed by atoms with van der Waals surface area (Å²) in [5.41, 5.74) is 0. The van der Waals surface area contributed by atoms with Gasteiger partial charge in [-0.25, -0.2) is 0 Å². The topological polar surface area (TPSA) is 52.9 Å². The molecule has 2 aliphatic heterocycles. The van der Waals surface area contributed by atoms with E-state index in [0.29, 0.717) is 0 Å². The lowest BCUT2D eigenvalue weighted by atomic mass is 10.0. The van der Waals surface area contributed by atoms with Gasteiger partial charge in [-0.15, -0.1) is 4.91 Å². The number of aliphatic hydroxyl groups is 1. The molecule has 1 N–H and O–H groups in total. The van der Waals surface area contributed by atoms with Crippen LogP contribution in [0.1, 0.15) is 25.7 Å². The van der Waals surface area contributed by atoms with Crippen LogP contribution in [0, 0.1) is 4.91 Å². The van der Waals surface area contributed by atoms with Crippen molar-refractivity contribution in [1.82, 2.24) is 5.01 Å². The number of piperidine rings is 1. The van der Waals surface area contributed by atoms with Crippen molar-refractivity contribution in [3.8, 4) is 0 Å². The van der Waals surface area contributed by atoms with Gasteiger partial charge in [0, 0.05) is 0 Å². The molecule has 0 aromatic rings. The molecule has 2 aliphatic rings. The zero-order chi connectivity index (χ0) is 7.84. The maximum Gasteiger partial charge on any atom is 0.0580 e. The second kappa shape index (κ2) is 2.44. The Balaban J connectivity index is 2.12. The lowest BCUT2D eigenvalue weighted by Gasteiger charge is -2.31. The molecular weight excluding hydrogens is 144 g/mol.